The third-order valence-corrected chi connectivity index (χ3v) is 3.89. The number of rotatable bonds is 4. The maximum atomic E-state index is 13.5. The number of carbonyl (C=O) groups is 1. The van der Waals surface area contributed by atoms with E-state index >= 15 is 0 Å². The molecule has 2 rings (SSSR count). The van der Waals surface area contributed by atoms with Crippen LogP contribution >= 0.6 is 0 Å². The fourth-order valence-corrected chi connectivity index (χ4v) is 2.79. The van der Waals surface area contributed by atoms with Gasteiger partial charge in [0.2, 0.25) is 0 Å². The highest BCUT2D eigenvalue weighted by Crippen LogP contribution is 2.23. The lowest BCUT2D eigenvalue weighted by atomic mass is 9.91. The van der Waals surface area contributed by atoms with Crippen LogP contribution in [0.5, 0.6) is 0 Å². The number of hydrogen-bond donors (Lipinski definition) is 1. The van der Waals surface area contributed by atoms with Crippen LogP contribution in [0.15, 0.2) is 18.2 Å². The van der Waals surface area contributed by atoms with Gasteiger partial charge in [-0.2, -0.15) is 0 Å². The highest BCUT2D eigenvalue weighted by molar-refractivity contribution is 5.98. The molecule has 0 heterocycles. The highest BCUT2D eigenvalue weighted by atomic mass is 19.1. The third-order valence-electron chi connectivity index (χ3n) is 3.89. The van der Waals surface area contributed by atoms with Gasteiger partial charge in [0.15, 0.2) is 5.78 Å². The molecule has 0 saturated heterocycles. The van der Waals surface area contributed by atoms with E-state index in [0.29, 0.717) is 6.42 Å². The normalized spacial score (nSPS) is 23.1. The fourth-order valence-electron chi connectivity index (χ4n) is 2.79. The number of carbonyl (C=O) groups excluding carboxylic acids is 1. The molecule has 1 aliphatic rings. The third kappa shape index (κ3) is 3.22. The smallest absolute Gasteiger partial charge is 0.182 e. The number of benzene rings is 1. The molecule has 0 amide bonds. The van der Waals surface area contributed by atoms with Gasteiger partial charge in [-0.05, 0) is 32.0 Å². The van der Waals surface area contributed by atoms with E-state index in [9.17, 15) is 18.7 Å². The van der Waals surface area contributed by atoms with E-state index in [0.717, 1.165) is 31.4 Å². The van der Waals surface area contributed by atoms with E-state index in [1.54, 1.807) is 11.9 Å². The quantitative estimate of drug-likeness (QED) is 0.863. The lowest BCUT2D eigenvalue weighted by Crippen LogP contribution is -2.45. The van der Waals surface area contributed by atoms with Crippen molar-refractivity contribution in [3.05, 3.63) is 35.4 Å². The van der Waals surface area contributed by atoms with Gasteiger partial charge in [0.1, 0.15) is 11.6 Å². The second kappa shape index (κ2) is 6.41. The van der Waals surface area contributed by atoms with Gasteiger partial charge >= 0.3 is 0 Å². The van der Waals surface area contributed by atoms with Crippen molar-refractivity contribution in [3.63, 3.8) is 0 Å². The average Bonchev–Trinajstić information content (AvgIpc) is 2.38. The molecule has 0 bridgehead atoms. The van der Waals surface area contributed by atoms with E-state index < -0.39 is 29.1 Å². The maximum absolute atomic E-state index is 13.5. The molecule has 3 nitrogen and oxygen atoms in total. The van der Waals surface area contributed by atoms with Gasteiger partial charge in [-0.15, -0.1) is 0 Å². The Bertz CT molecular complexity index is 473. The first-order valence-electron chi connectivity index (χ1n) is 6.86. The molecule has 2 atom stereocenters. The van der Waals surface area contributed by atoms with Crippen LogP contribution in [-0.2, 0) is 0 Å². The summed E-state index contributed by atoms with van der Waals surface area (Å²) in [6.07, 6.45) is 2.99. The minimum atomic E-state index is -0.840. The number of likely N-dealkylation sites (N-methyl/N-ethyl adjacent to an activating group) is 1. The highest BCUT2D eigenvalue weighted by Gasteiger charge is 2.28. The van der Waals surface area contributed by atoms with Crippen molar-refractivity contribution in [1.29, 1.82) is 0 Å². The standard InChI is InChI=1S/C15H19F2NO2/c1-18(12-7-2-3-8-13(12)19)9-14(20)15-10(16)5-4-6-11(15)17/h4-6,12-13,19H,2-3,7-9H2,1H3. The molecule has 1 saturated carbocycles. The molecule has 20 heavy (non-hydrogen) atoms. The number of aliphatic hydroxyl groups is 1. The Morgan fingerprint density at radius 2 is 1.90 bits per heavy atom. The zero-order valence-corrected chi connectivity index (χ0v) is 11.5. The van der Waals surface area contributed by atoms with E-state index in [1.807, 2.05) is 0 Å². The minimum Gasteiger partial charge on any atom is -0.391 e. The maximum Gasteiger partial charge on any atom is 0.182 e. The van der Waals surface area contributed by atoms with E-state index in [4.69, 9.17) is 0 Å². The minimum absolute atomic E-state index is 0.0976. The average molecular weight is 283 g/mol. The fraction of sp³-hybridized carbons (Fsp3) is 0.533. The van der Waals surface area contributed by atoms with Gasteiger partial charge in [0.25, 0.3) is 0 Å². The Morgan fingerprint density at radius 1 is 1.30 bits per heavy atom. The summed E-state index contributed by atoms with van der Waals surface area (Å²) in [5.41, 5.74) is -0.496. The topological polar surface area (TPSA) is 40.5 Å². The first-order valence-corrected chi connectivity index (χ1v) is 6.86. The van der Waals surface area contributed by atoms with Crippen molar-refractivity contribution in [2.24, 2.45) is 0 Å². The van der Waals surface area contributed by atoms with E-state index in [2.05, 4.69) is 0 Å². The van der Waals surface area contributed by atoms with Crippen LogP contribution in [0.1, 0.15) is 36.0 Å². The predicted octanol–water partition coefficient (Wildman–Crippen LogP) is 2.38. The lowest BCUT2D eigenvalue weighted by Gasteiger charge is -2.34. The number of aliphatic hydroxyl groups excluding tert-OH is 1. The van der Waals surface area contributed by atoms with Gasteiger partial charge in [-0.25, -0.2) is 8.78 Å². The second-order valence-electron chi connectivity index (χ2n) is 5.35. The molecule has 5 heteroatoms. The molecule has 0 aromatic heterocycles. The second-order valence-corrected chi connectivity index (χ2v) is 5.35. The SMILES string of the molecule is CN(CC(=O)c1c(F)cccc1F)C1CCCCC1O. The van der Waals surface area contributed by atoms with Gasteiger partial charge in [0.05, 0.1) is 18.2 Å². The Kier molecular flexibility index (Phi) is 4.83. The summed E-state index contributed by atoms with van der Waals surface area (Å²) in [4.78, 5) is 13.7. The van der Waals surface area contributed by atoms with Crippen LogP contribution in [-0.4, -0.2) is 41.5 Å². The van der Waals surface area contributed by atoms with Crippen molar-refractivity contribution in [1.82, 2.24) is 4.90 Å². The van der Waals surface area contributed by atoms with Crippen LogP contribution in [0.2, 0.25) is 0 Å². The van der Waals surface area contributed by atoms with E-state index in [-0.39, 0.29) is 12.6 Å². The summed E-state index contributed by atoms with van der Waals surface area (Å²) < 4.78 is 27.1. The monoisotopic (exact) mass is 283 g/mol. The van der Waals surface area contributed by atoms with Crippen LogP contribution < -0.4 is 0 Å². The number of halogens is 2. The Balaban J connectivity index is 2.07. The van der Waals surface area contributed by atoms with E-state index in [1.165, 1.54) is 6.07 Å². The summed E-state index contributed by atoms with van der Waals surface area (Å²) in [7, 11) is 1.70. The molecule has 0 aliphatic heterocycles. The number of Topliss-reactive ketones (excluding diaryl/α,β-unsaturated/α-hetero) is 1. The molecular weight excluding hydrogens is 264 g/mol. The molecule has 1 aromatic rings. The number of ketones is 1. The molecule has 1 aromatic carbocycles. The molecule has 1 aliphatic carbocycles. The molecular formula is C15H19F2NO2. The van der Waals surface area contributed by atoms with Crippen molar-refractivity contribution >= 4 is 5.78 Å². The molecule has 1 fully saturated rings. The van der Waals surface area contributed by atoms with Crippen molar-refractivity contribution in [2.45, 2.75) is 37.8 Å². The predicted molar refractivity (Wildman–Crippen MR) is 71.6 cm³/mol. The number of hydrogen-bond acceptors (Lipinski definition) is 3. The van der Waals surface area contributed by atoms with Gasteiger partial charge in [0, 0.05) is 6.04 Å². The molecule has 0 spiro atoms. The zero-order valence-electron chi connectivity index (χ0n) is 11.5. The van der Waals surface area contributed by atoms with Crippen molar-refractivity contribution < 1.29 is 18.7 Å². The summed E-state index contributed by atoms with van der Waals surface area (Å²) in [5, 5.41) is 9.93. The first-order chi connectivity index (χ1) is 9.50. The van der Waals surface area contributed by atoms with Crippen LogP contribution in [0.4, 0.5) is 8.78 Å². The van der Waals surface area contributed by atoms with Crippen LogP contribution in [0.25, 0.3) is 0 Å². The number of nitrogens with zero attached hydrogens (tertiary/aromatic N) is 1. The van der Waals surface area contributed by atoms with Crippen LogP contribution in [0.3, 0.4) is 0 Å². The molecule has 1 N–H and O–H groups in total. The van der Waals surface area contributed by atoms with Crippen LogP contribution in [0, 0.1) is 11.6 Å². The lowest BCUT2D eigenvalue weighted by molar-refractivity contribution is 0.0320. The zero-order chi connectivity index (χ0) is 14.7. The van der Waals surface area contributed by atoms with Gasteiger partial charge in [-0.1, -0.05) is 18.9 Å². The van der Waals surface area contributed by atoms with Gasteiger partial charge < -0.3 is 5.11 Å². The Morgan fingerprint density at radius 3 is 2.50 bits per heavy atom. The molecule has 2 unspecified atom stereocenters. The van der Waals surface area contributed by atoms with Crippen molar-refractivity contribution in [3.8, 4) is 0 Å². The summed E-state index contributed by atoms with van der Waals surface area (Å²) in [6.45, 7) is -0.0976. The Labute approximate surface area is 117 Å². The van der Waals surface area contributed by atoms with Gasteiger partial charge in [-0.3, -0.25) is 9.69 Å². The molecule has 0 radical (unpaired) electrons. The largest absolute Gasteiger partial charge is 0.391 e. The molecule has 110 valence electrons. The Hall–Kier alpha value is -1.33. The summed E-state index contributed by atoms with van der Waals surface area (Å²) in [6, 6.07) is 3.26. The first kappa shape index (κ1) is 15.1. The van der Waals surface area contributed by atoms with Crippen molar-refractivity contribution in [2.75, 3.05) is 13.6 Å². The summed E-state index contributed by atoms with van der Waals surface area (Å²) >= 11 is 0. The summed E-state index contributed by atoms with van der Waals surface area (Å²) in [5.74, 6) is -2.28.